The highest BCUT2D eigenvalue weighted by atomic mass is 19.4. The highest BCUT2D eigenvalue weighted by Gasteiger charge is 2.30. The Balaban J connectivity index is 2.19. The maximum atomic E-state index is 12.9. The molecule has 5 heteroatoms. The van der Waals surface area contributed by atoms with E-state index < -0.39 is 11.7 Å². The topological polar surface area (TPSA) is 14.2 Å². The third-order valence-electron chi connectivity index (χ3n) is 4.24. The lowest BCUT2D eigenvalue weighted by molar-refractivity contribution is -0.137. The van der Waals surface area contributed by atoms with Gasteiger partial charge in [0.05, 0.1) is 17.7 Å². The zero-order valence-electron chi connectivity index (χ0n) is 14.7. The molecule has 1 heterocycles. The van der Waals surface area contributed by atoms with Gasteiger partial charge in [-0.3, -0.25) is 0 Å². The second kappa shape index (κ2) is 7.28. The van der Waals surface area contributed by atoms with E-state index in [1.54, 1.807) is 0 Å². The molecule has 0 aliphatic rings. The molecular formula is C21H20F3NO. The van der Waals surface area contributed by atoms with Crippen molar-refractivity contribution in [1.82, 2.24) is 4.57 Å². The van der Waals surface area contributed by atoms with Crippen LogP contribution in [0.4, 0.5) is 13.2 Å². The summed E-state index contributed by atoms with van der Waals surface area (Å²) in [4.78, 5) is 0. The van der Waals surface area contributed by atoms with Crippen LogP contribution in [0.1, 0.15) is 19.4 Å². The molecule has 2 aromatic carbocycles. The number of aryl methyl sites for hydroxylation is 1. The summed E-state index contributed by atoms with van der Waals surface area (Å²) >= 11 is 0. The Labute approximate surface area is 150 Å². The van der Waals surface area contributed by atoms with E-state index in [2.05, 4.69) is 0 Å². The molecular weight excluding hydrogens is 339 g/mol. The molecule has 0 aliphatic heterocycles. The number of hydrogen-bond donors (Lipinski definition) is 0. The molecule has 0 N–H and O–H groups in total. The van der Waals surface area contributed by atoms with Gasteiger partial charge in [0.1, 0.15) is 0 Å². The van der Waals surface area contributed by atoms with Crippen LogP contribution in [0.5, 0.6) is 5.88 Å². The van der Waals surface area contributed by atoms with E-state index in [4.69, 9.17) is 4.74 Å². The van der Waals surface area contributed by atoms with Crippen molar-refractivity contribution < 1.29 is 17.9 Å². The molecule has 0 atom stereocenters. The zero-order chi connectivity index (χ0) is 18.7. The minimum Gasteiger partial charge on any atom is -0.479 e. The van der Waals surface area contributed by atoms with Crippen molar-refractivity contribution in [3.8, 4) is 28.1 Å². The molecule has 0 fully saturated rings. The van der Waals surface area contributed by atoms with E-state index in [1.165, 1.54) is 12.1 Å². The van der Waals surface area contributed by atoms with Crippen molar-refractivity contribution in [2.24, 2.45) is 0 Å². The fourth-order valence-corrected chi connectivity index (χ4v) is 3.01. The number of ether oxygens (including phenoxy) is 1. The first kappa shape index (κ1) is 18.1. The molecule has 3 aromatic rings. The van der Waals surface area contributed by atoms with Crippen LogP contribution in [-0.4, -0.2) is 11.2 Å². The normalized spacial score (nSPS) is 11.6. The smallest absolute Gasteiger partial charge is 0.416 e. The molecule has 0 saturated carbocycles. The van der Waals surface area contributed by atoms with Gasteiger partial charge in [0.25, 0.3) is 0 Å². The SMILES string of the molecule is CCOc1c(-c2ccc(C(F)(F)F)cc2)c(-c2ccccc2)cn1CC. The molecule has 136 valence electrons. The highest BCUT2D eigenvalue weighted by molar-refractivity contribution is 5.87. The lowest BCUT2D eigenvalue weighted by Crippen LogP contribution is -2.04. The lowest BCUT2D eigenvalue weighted by Gasteiger charge is -2.12. The fourth-order valence-electron chi connectivity index (χ4n) is 3.01. The van der Waals surface area contributed by atoms with Crippen molar-refractivity contribution in [2.75, 3.05) is 6.61 Å². The first-order chi connectivity index (χ1) is 12.5. The average Bonchev–Trinajstić information content (AvgIpc) is 3.00. The Bertz CT molecular complexity index is 865. The summed E-state index contributed by atoms with van der Waals surface area (Å²) in [6.07, 6.45) is -2.35. The minimum absolute atomic E-state index is 0.478. The van der Waals surface area contributed by atoms with Crippen LogP contribution in [0.25, 0.3) is 22.3 Å². The predicted molar refractivity (Wildman–Crippen MR) is 97.1 cm³/mol. The standard InChI is InChI=1S/C21H20F3NO/c1-3-25-14-18(15-8-6-5-7-9-15)19(20(25)26-4-2)16-10-12-17(13-11-16)21(22,23)24/h5-14H,3-4H2,1-2H3. The second-order valence-electron chi connectivity index (χ2n) is 5.88. The number of halogens is 3. The maximum Gasteiger partial charge on any atom is 0.416 e. The Morgan fingerprint density at radius 2 is 1.54 bits per heavy atom. The van der Waals surface area contributed by atoms with Crippen LogP contribution >= 0.6 is 0 Å². The Morgan fingerprint density at radius 3 is 2.08 bits per heavy atom. The van der Waals surface area contributed by atoms with Gasteiger partial charge in [0, 0.05) is 18.3 Å². The van der Waals surface area contributed by atoms with Crippen LogP contribution in [0.3, 0.4) is 0 Å². The van der Waals surface area contributed by atoms with Gasteiger partial charge in [-0.25, -0.2) is 0 Å². The molecule has 2 nitrogen and oxygen atoms in total. The van der Waals surface area contributed by atoms with E-state index in [0.29, 0.717) is 24.6 Å². The summed E-state index contributed by atoms with van der Waals surface area (Å²) in [5.41, 5.74) is 2.79. The molecule has 0 saturated heterocycles. The van der Waals surface area contributed by atoms with Gasteiger partial charge in [0.2, 0.25) is 5.88 Å². The second-order valence-corrected chi connectivity index (χ2v) is 5.88. The van der Waals surface area contributed by atoms with Gasteiger partial charge in [-0.15, -0.1) is 0 Å². The van der Waals surface area contributed by atoms with Gasteiger partial charge in [-0.2, -0.15) is 13.2 Å². The number of hydrogen-bond acceptors (Lipinski definition) is 1. The molecule has 0 radical (unpaired) electrons. The largest absolute Gasteiger partial charge is 0.479 e. The molecule has 1 aromatic heterocycles. The van der Waals surface area contributed by atoms with Crippen LogP contribution in [0, 0.1) is 0 Å². The fraction of sp³-hybridized carbons (Fsp3) is 0.238. The molecule has 3 rings (SSSR count). The number of alkyl halides is 3. The van der Waals surface area contributed by atoms with Crippen LogP contribution in [0.2, 0.25) is 0 Å². The van der Waals surface area contributed by atoms with Gasteiger partial charge in [0.15, 0.2) is 0 Å². The average molecular weight is 359 g/mol. The van der Waals surface area contributed by atoms with E-state index >= 15 is 0 Å². The van der Waals surface area contributed by atoms with Crippen molar-refractivity contribution in [2.45, 2.75) is 26.6 Å². The maximum absolute atomic E-state index is 12.9. The van der Waals surface area contributed by atoms with Crippen LogP contribution in [-0.2, 0) is 12.7 Å². The molecule has 0 bridgehead atoms. The molecule has 0 aliphatic carbocycles. The highest BCUT2D eigenvalue weighted by Crippen LogP contribution is 2.42. The molecule has 0 spiro atoms. The number of aromatic nitrogens is 1. The summed E-state index contributed by atoms with van der Waals surface area (Å²) in [5, 5.41) is 0. The molecule has 26 heavy (non-hydrogen) atoms. The summed E-state index contributed by atoms with van der Waals surface area (Å²) in [6, 6.07) is 15.0. The number of rotatable bonds is 5. The van der Waals surface area contributed by atoms with Crippen molar-refractivity contribution in [1.29, 1.82) is 0 Å². The Kier molecular flexibility index (Phi) is 5.07. The lowest BCUT2D eigenvalue weighted by atomic mass is 9.98. The van der Waals surface area contributed by atoms with E-state index in [0.717, 1.165) is 28.8 Å². The summed E-state index contributed by atoms with van der Waals surface area (Å²) in [5.74, 6) is 0.675. The quantitative estimate of drug-likeness (QED) is 0.524. The Hall–Kier alpha value is -2.69. The number of nitrogens with zero attached hydrogens (tertiary/aromatic N) is 1. The number of benzene rings is 2. The van der Waals surface area contributed by atoms with Crippen molar-refractivity contribution >= 4 is 0 Å². The summed E-state index contributed by atoms with van der Waals surface area (Å²) < 4.78 is 46.5. The minimum atomic E-state index is -4.35. The summed E-state index contributed by atoms with van der Waals surface area (Å²) in [7, 11) is 0. The van der Waals surface area contributed by atoms with Crippen LogP contribution < -0.4 is 4.74 Å². The van der Waals surface area contributed by atoms with Gasteiger partial charge >= 0.3 is 6.18 Å². The monoisotopic (exact) mass is 359 g/mol. The predicted octanol–water partition coefficient (Wildman–Crippen LogP) is 6.26. The van der Waals surface area contributed by atoms with E-state index in [-0.39, 0.29) is 0 Å². The first-order valence-corrected chi connectivity index (χ1v) is 8.54. The first-order valence-electron chi connectivity index (χ1n) is 8.54. The van der Waals surface area contributed by atoms with E-state index in [1.807, 2.05) is 54.9 Å². The Morgan fingerprint density at radius 1 is 0.885 bits per heavy atom. The third kappa shape index (κ3) is 3.47. The van der Waals surface area contributed by atoms with Crippen molar-refractivity contribution in [3.63, 3.8) is 0 Å². The van der Waals surface area contributed by atoms with E-state index in [9.17, 15) is 13.2 Å². The molecule has 0 unspecified atom stereocenters. The summed E-state index contributed by atoms with van der Waals surface area (Å²) in [6.45, 7) is 5.08. The van der Waals surface area contributed by atoms with Gasteiger partial charge < -0.3 is 9.30 Å². The van der Waals surface area contributed by atoms with Gasteiger partial charge in [-0.1, -0.05) is 42.5 Å². The van der Waals surface area contributed by atoms with Crippen LogP contribution in [0.15, 0.2) is 60.8 Å². The van der Waals surface area contributed by atoms with Crippen molar-refractivity contribution in [3.05, 3.63) is 66.4 Å². The zero-order valence-corrected chi connectivity index (χ0v) is 14.7. The molecule has 0 amide bonds. The third-order valence-corrected chi connectivity index (χ3v) is 4.24. The van der Waals surface area contributed by atoms with Gasteiger partial charge in [-0.05, 0) is 37.1 Å².